The fourth-order valence-corrected chi connectivity index (χ4v) is 2.84. The summed E-state index contributed by atoms with van der Waals surface area (Å²) in [6.45, 7) is 9.73. The maximum atomic E-state index is 11.9. The number of benzene rings is 1. The van der Waals surface area contributed by atoms with E-state index in [0.717, 1.165) is 35.7 Å². The second-order valence-electron chi connectivity index (χ2n) is 6.12. The van der Waals surface area contributed by atoms with E-state index in [2.05, 4.69) is 39.5 Å². The molecule has 2 rings (SSSR count). The molecule has 0 aliphatic carbocycles. The molecule has 3 N–H and O–H groups in total. The lowest BCUT2D eigenvalue weighted by atomic mass is 10.1. The summed E-state index contributed by atoms with van der Waals surface area (Å²) in [6.07, 6.45) is 2.39. The summed E-state index contributed by atoms with van der Waals surface area (Å²) in [6, 6.07) is 5.43. The highest BCUT2D eigenvalue weighted by Crippen LogP contribution is 2.23. The molecule has 7 heteroatoms. The van der Waals surface area contributed by atoms with Gasteiger partial charge in [0.25, 0.3) is 0 Å². The summed E-state index contributed by atoms with van der Waals surface area (Å²) < 4.78 is 0. The molecule has 0 atom stereocenters. The summed E-state index contributed by atoms with van der Waals surface area (Å²) in [5.74, 6) is -0.0439. The predicted molar refractivity (Wildman–Crippen MR) is 104 cm³/mol. The molecule has 0 fully saturated rings. The van der Waals surface area contributed by atoms with Crippen LogP contribution < -0.4 is 10.3 Å². The van der Waals surface area contributed by atoms with Gasteiger partial charge in [-0.15, -0.1) is 0 Å². The Hall–Kier alpha value is -2.83. The SMILES string of the molecule is CCN(CC)c1ccc(C=NNC(=O)CCc2c(C)n[nH]c2C)c(O)c1. The minimum absolute atomic E-state index is 0.136. The molecule has 1 amide bonds. The number of aryl methyl sites for hydroxylation is 2. The number of anilines is 1. The number of phenols is 1. The van der Waals surface area contributed by atoms with Crippen molar-refractivity contribution in [3.05, 3.63) is 40.7 Å². The number of nitrogens with zero attached hydrogens (tertiary/aromatic N) is 3. The van der Waals surface area contributed by atoms with Crippen molar-refractivity contribution in [2.24, 2.45) is 5.10 Å². The summed E-state index contributed by atoms with van der Waals surface area (Å²) in [5.41, 5.74) is 6.97. The Morgan fingerprint density at radius 1 is 1.35 bits per heavy atom. The van der Waals surface area contributed by atoms with E-state index in [0.29, 0.717) is 18.4 Å². The number of aromatic hydroxyl groups is 1. The van der Waals surface area contributed by atoms with Crippen molar-refractivity contribution in [3.8, 4) is 5.75 Å². The highest BCUT2D eigenvalue weighted by molar-refractivity contribution is 5.86. The second kappa shape index (κ2) is 9.03. The van der Waals surface area contributed by atoms with Crippen molar-refractivity contribution in [2.75, 3.05) is 18.0 Å². The molecule has 0 aliphatic rings. The van der Waals surface area contributed by atoms with Crippen LogP contribution in [-0.2, 0) is 11.2 Å². The number of carbonyl (C=O) groups is 1. The number of nitrogens with one attached hydrogen (secondary N) is 2. The second-order valence-corrected chi connectivity index (χ2v) is 6.12. The lowest BCUT2D eigenvalue weighted by Crippen LogP contribution is -2.21. The Balaban J connectivity index is 1.90. The van der Waals surface area contributed by atoms with Gasteiger partial charge in [0.15, 0.2) is 0 Å². The summed E-state index contributed by atoms with van der Waals surface area (Å²) >= 11 is 0. The van der Waals surface area contributed by atoms with Crippen LogP contribution >= 0.6 is 0 Å². The zero-order valence-electron chi connectivity index (χ0n) is 15.8. The van der Waals surface area contributed by atoms with Crippen LogP contribution in [0.3, 0.4) is 0 Å². The lowest BCUT2D eigenvalue weighted by Gasteiger charge is -2.21. The van der Waals surface area contributed by atoms with Crippen LogP contribution in [0.5, 0.6) is 5.75 Å². The Morgan fingerprint density at radius 2 is 2.08 bits per heavy atom. The van der Waals surface area contributed by atoms with Gasteiger partial charge >= 0.3 is 0 Å². The maximum Gasteiger partial charge on any atom is 0.240 e. The zero-order valence-corrected chi connectivity index (χ0v) is 15.8. The largest absolute Gasteiger partial charge is 0.507 e. The van der Waals surface area contributed by atoms with Gasteiger partial charge in [-0.3, -0.25) is 9.89 Å². The molecule has 0 saturated carbocycles. The quantitative estimate of drug-likeness (QED) is 0.500. The van der Waals surface area contributed by atoms with Crippen molar-refractivity contribution < 1.29 is 9.90 Å². The van der Waals surface area contributed by atoms with Crippen molar-refractivity contribution >= 4 is 17.8 Å². The Kier molecular flexibility index (Phi) is 6.77. The normalized spacial score (nSPS) is 11.1. The van der Waals surface area contributed by atoms with Crippen LogP contribution in [0.2, 0.25) is 0 Å². The number of carbonyl (C=O) groups excluding carboxylic acids is 1. The maximum absolute atomic E-state index is 11.9. The van der Waals surface area contributed by atoms with Crippen LogP contribution in [0.25, 0.3) is 0 Å². The van der Waals surface area contributed by atoms with Gasteiger partial charge in [-0.25, -0.2) is 5.43 Å². The fraction of sp³-hybridized carbons (Fsp3) is 0.421. The Bertz CT molecular complexity index is 759. The van der Waals surface area contributed by atoms with Gasteiger partial charge in [0, 0.05) is 42.5 Å². The van der Waals surface area contributed by atoms with Crippen molar-refractivity contribution in [3.63, 3.8) is 0 Å². The van der Waals surface area contributed by atoms with Crippen LogP contribution in [-0.4, -0.2) is 40.5 Å². The molecular formula is C19H27N5O2. The molecule has 0 bridgehead atoms. The van der Waals surface area contributed by atoms with E-state index < -0.39 is 0 Å². The Morgan fingerprint density at radius 3 is 2.65 bits per heavy atom. The summed E-state index contributed by atoms with van der Waals surface area (Å²) in [7, 11) is 0. The van der Waals surface area contributed by atoms with Crippen LogP contribution in [0.1, 0.15) is 42.8 Å². The molecule has 7 nitrogen and oxygen atoms in total. The lowest BCUT2D eigenvalue weighted by molar-refractivity contribution is -0.121. The molecule has 1 aromatic heterocycles. The Labute approximate surface area is 154 Å². The molecule has 0 radical (unpaired) electrons. The number of hydrazone groups is 1. The van der Waals surface area contributed by atoms with Crippen LogP contribution in [0.15, 0.2) is 23.3 Å². The topological polar surface area (TPSA) is 93.6 Å². The highest BCUT2D eigenvalue weighted by Gasteiger charge is 2.09. The molecule has 0 spiro atoms. The van der Waals surface area contributed by atoms with Gasteiger partial charge in [0.05, 0.1) is 11.9 Å². The third-order valence-corrected chi connectivity index (χ3v) is 4.42. The van der Waals surface area contributed by atoms with Crippen molar-refractivity contribution in [1.29, 1.82) is 0 Å². The fourth-order valence-electron chi connectivity index (χ4n) is 2.84. The van der Waals surface area contributed by atoms with Crippen LogP contribution in [0, 0.1) is 13.8 Å². The number of H-pyrrole nitrogens is 1. The number of hydrogen-bond acceptors (Lipinski definition) is 5. The first-order valence-corrected chi connectivity index (χ1v) is 8.86. The number of rotatable bonds is 8. The van der Waals surface area contributed by atoms with E-state index in [1.165, 1.54) is 6.21 Å². The van der Waals surface area contributed by atoms with Gasteiger partial charge in [0.2, 0.25) is 5.91 Å². The van der Waals surface area contributed by atoms with Crippen LogP contribution in [0.4, 0.5) is 5.69 Å². The monoisotopic (exact) mass is 357 g/mol. The molecule has 140 valence electrons. The molecule has 1 aromatic carbocycles. The molecule has 0 unspecified atom stereocenters. The van der Waals surface area contributed by atoms with E-state index in [9.17, 15) is 9.90 Å². The number of aromatic amines is 1. The highest BCUT2D eigenvalue weighted by atomic mass is 16.3. The van der Waals surface area contributed by atoms with E-state index in [4.69, 9.17) is 0 Å². The first-order valence-electron chi connectivity index (χ1n) is 8.86. The third kappa shape index (κ3) is 4.84. The minimum Gasteiger partial charge on any atom is -0.507 e. The first kappa shape index (κ1) is 19.5. The predicted octanol–water partition coefficient (Wildman–Crippen LogP) is 2.66. The van der Waals surface area contributed by atoms with E-state index in [1.54, 1.807) is 12.1 Å². The smallest absolute Gasteiger partial charge is 0.240 e. The summed E-state index contributed by atoms with van der Waals surface area (Å²) in [4.78, 5) is 14.1. The molecule has 1 heterocycles. The first-order chi connectivity index (χ1) is 12.5. The van der Waals surface area contributed by atoms with E-state index in [-0.39, 0.29) is 11.7 Å². The minimum atomic E-state index is -0.180. The molecule has 0 aliphatic heterocycles. The number of hydrogen-bond donors (Lipinski definition) is 3. The van der Waals surface area contributed by atoms with Crippen molar-refractivity contribution in [1.82, 2.24) is 15.6 Å². The standard InChI is InChI=1S/C19H27N5O2/c1-5-24(6-2)16-8-7-15(18(25)11-16)12-20-23-19(26)10-9-17-13(3)21-22-14(17)4/h7-8,11-12,25H,5-6,9-10H2,1-4H3,(H,21,22)(H,23,26). The van der Waals surface area contributed by atoms with E-state index >= 15 is 0 Å². The van der Waals surface area contributed by atoms with Gasteiger partial charge in [-0.2, -0.15) is 10.2 Å². The molecular weight excluding hydrogens is 330 g/mol. The number of amides is 1. The van der Waals surface area contributed by atoms with Gasteiger partial charge in [-0.1, -0.05) is 0 Å². The zero-order chi connectivity index (χ0) is 19.1. The average molecular weight is 357 g/mol. The van der Waals surface area contributed by atoms with Gasteiger partial charge in [0.1, 0.15) is 5.75 Å². The number of aromatic nitrogens is 2. The third-order valence-electron chi connectivity index (χ3n) is 4.42. The van der Waals surface area contributed by atoms with E-state index in [1.807, 2.05) is 19.9 Å². The van der Waals surface area contributed by atoms with Gasteiger partial charge in [-0.05, 0) is 51.8 Å². The van der Waals surface area contributed by atoms with Gasteiger partial charge < -0.3 is 10.0 Å². The number of phenolic OH excluding ortho intramolecular Hbond substituents is 1. The molecule has 2 aromatic rings. The molecule has 0 saturated heterocycles. The summed E-state index contributed by atoms with van der Waals surface area (Å²) in [5, 5.41) is 21.1. The van der Waals surface area contributed by atoms with Crippen molar-refractivity contribution in [2.45, 2.75) is 40.5 Å². The average Bonchev–Trinajstić information content (AvgIpc) is 2.94. The molecule has 26 heavy (non-hydrogen) atoms.